The van der Waals surface area contributed by atoms with Gasteiger partial charge in [-0.15, -0.1) is 0 Å². The molecule has 4 N–H and O–H groups in total. The summed E-state index contributed by atoms with van der Waals surface area (Å²) in [7, 11) is 0. The van der Waals surface area contributed by atoms with Gasteiger partial charge in [-0.05, 0) is 43.5 Å². The Morgan fingerprint density at radius 2 is 1.84 bits per heavy atom. The maximum absolute atomic E-state index is 13.8. The molecule has 1 aromatic heterocycles. The Labute approximate surface area is 179 Å². The van der Waals surface area contributed by atoms with Crippen LogP contribution in [0.25, 0.3) is 22.0 Å². The first-order valence-electron chi connectivity index (χ1n) is 9.38. The van der Waals surface area contributed by atoms with Gasteiger partial charge in [-0.25, -0.2) is 4.79 Å². The molecule has 6 nitrogen and oxygen atoms in total. The molecule has 0 bridgehead atoms. The molecule has 31 heavy (non-hydrogen) atoms. The minimum Gasteiger partial charge on any atom is -0.490 e. The van der Waals surface area contributed by atoms with E-state index in [-0.39, 0.29) is 33.3 Å². The number of carbonyl (C=O) groups excluding carboxylic acids is 2. The fourth-order valence-corrected chi connectivity index (χ4v) is 3.91. The number of fused-ring (bicyclic) bond motifs is 1. The summed E-state index contributed by atoms with van der Waals surface area (Å²) >= 11 is 6.18. The van der Waals surface area contributed by atoms with E-state index < -0.39 is 23.7 Å². The lowest BCUT2D eigenvalue weighted by Crippen LogP contribution is -2.24. The maximum Gasteiger partial charge on any atom is 0.417 e. The summed E-state index contributed by atoms with van der Waals surface area (Å²) < 4.78 is 48.4. The first-order valence-corrected chi connectivity index (χ1v) is 9.76. The van der Waals surface area contributed by atoms with Gasteiger partial charge in [0, 0.05) is 39.4 Å². The average molecular weight is 452 g/mol. The van der Waals surface area contributed by atoms with E-state index in [0.29, 0.717) is 17.2 Å². The molecule has 4 rings (SSSR count). The predicted octanol–water partition coefficient (Wildman–Crippen LogP) is 4.94. The summed E-state index contributed by atoms with van der Waals surface area (Å²) in [5, 5.41) is -0.0130. The van der Waals surface area contributed by atoms with Crippen LogP contribution in [0.15, 0.2) is 36.5 Å². The highest BCUT2D eigenvalue weighted by atomic mass is 35.5. The summed E-state index contributed by atoms with van der Waals surface area (Å²) in [4.78, 5) is 23.5. The van der Waals surface area contributed by atoms with Crippen LogP contribution in [0.5, 0.6) is 5.75 Å². The molecule has 1 aliphatic carbocycles. The van der Waals surface area contributed by atoms with Crippen molar-refractivity contribution in [3.05, 3.63) is 52.7 Å². The van der Waals surface area contributed by atoms with Crippen LogP contribution in [-0.4, -0.2) is 22.6 Å². The van der Waals surface area contributed by atoms with Crippen molar-refractivity contribution in [1.82, 2.24) is 4.57 Å². The molecule has 10 heteroatoms. The molecular formula is C21H17ClF3N3O3. The van der Waals surface area contributed by atoms with Gasteiger partial charge in [-0.1, -0.05) is 11.6 Å². The van der Waals surface area contributed by atoms with Crippen LogP contribution in [0.3, 0.4) is 0 Å². The third-order valence-electron chi connectivity index (χ3n) is 5.32. The van der Waals surface area contributed by atoms with Gasteiger partial charge >= 0.3 is 12.2 Å². The summed E-state index contributed by atoms with van der Waals surface area (Å²) in [6.45, 7) is 0. The molecule has 162 valence electrons. The fraction of sp³-hybridized carbons (Fsp3) is 0.238. The van der Waals surface area contributed by atoms with Crippen molar-refractivity contribution in [1.29, 1.82) is 0 Å². The van der Waals surface area contributed by atoms with Gasteiger partial charge in [0.1, 0.15) is 5.75 Å². The molecular weight excluding hydrogens is 435 g/mol. The van der Waals surface area contributed by atoms with Crippen LogP contribution in [0.1, 0.15) is 35.2 Å². The molecule has 1 saturated carbocycles. The molecule has 0 atom stereocenters. The van der Waals surface area contributed by atoms with E-state index in [0.717, 1.165) is 29.9 Å². The van der Waals surface area contributed by atoms with Crippen molar-refractivity contribution in [2.75, 3.05) is 0 Å². The largest absolute Gasteiger partial charge is 0.490 e. The Morgan fingerprint density at radius 1 is 1.13 bits per heavy atom. The number of rotatable bonds is 4. The van der Waals surface area contributed by atoms with Gasteiger partial charge in [0.2, 0.25) is 5.91 Å². The van der Waals surface area contributed by atoms with E-state index in [9.17, 15) is 22.8 Å². The number of carbonyl (C=O) groups is 2. The summed E-state index contributed by atoms with van der Waals surface area (Å²) in [6.07, 6.45) is -0.677. The second-order valence-electron chi connectivity index (χ2n) is 7.34. The molecule has 0 radical (unpaired) electrons. The van der Waals surface area contributed by atoms with E-state index in [4.69, 9.17) is 27.8 Å². The van der Waals surface area contributed by atoms with Crippen molar-refractivity contribution in [2.45, 2.75) is 31.5 Å². The molecule has 0 unspecified atom stereocenters. The van der Waals surface area contributed by atoms with Crippen LogP contribution >= 0.6 is 11.6 Å². The highest BCUT2D eigenvalue weighted by Crippen LogP contribution is 2.45. The highest BCUT2D eigenvalue weighted by molar-refractivity contribution is 6.34. The van der Waals surface area contributed by atoms with Gasteiger partial charge in [0.15, 0.2) is 0 Å². The Morgan fingerprint density at radius 3 is 2.39 bits per heavy atom. The standard InChI is InChI=1S/C21H17ClF3N3O3/c22-16-7-10(19(26)29)6-15(21(23,24)25)18(16)14-9-28(20(27)30)17-8-12(4-5-13(14)17)31-11-2-1-3-11/h4-9,11H,1-3H2,(H2,26,29)(H2,27,30). The smallest absolute Gasteiger partial charge is 0.417 e. The molecule has 0 spiro atoms. The summed E-state index contributed by atoms with van der Waals surface area (Å²) in [5.74, 6) is -0.563. The molecule has 3 aromatic rings. The number of aromatic nitrogens is 1. The molecule has 0 saturated heterocycles. The molecule has 1 heterocycles. The number of halogens is 4. The minimum atomic E-state index is -4.83. The predicted molar refractivity (Wildman–Crippen MR) is 109 cm³/mol. The van der Waals surface area contributed by atoms with Gasteiger partial charge in [0.05, 0.1) is 17.2 Å². The van der Waals surface area contributed by atoms with E-state index in [1.54, 1.807) is 18.2 Å². The van der Waals surface area contributed by atoms with Crippen molar-refractivity contribution in [2.24, 2.45) is 11.5 Å². The minimum absolute atomic E-state index is 0.0392. The van der Waals surface area contributed by atoms with E-state index in [1.165, 1.54) is 6.20 Å². The summed E-state index contributed by atoms with van der Waals surface area (Å²) in [6, 6.07) is 5.56. The van der Waals surface area contributed by atoms with Crippen molar-refractivity contribution >= 4 is 34.4 Å². The van der Waals surface area contributed by atoms with Gasteiger partial charge in [-0.3, -0.25) is 9.36 Å². The monoisotopic (exact) mass is 451 g/mol. The topological polar surface area (TPSA) is 100 Å². The molecule has 0 aliphatic heterocycles. The second-order valence-corrected chi connectivity index (χ2v) is 7.75. The molecule has 2 amide bonds. The lowest BCUT2D eigenvalue weighted by molar-refractivity contribution is -0.137. The second kappa shape index (κ2) is 7.49. The quantitative estimate of drug-likeness (QED) is 0.587. The number of amides is 2. The normalized spacial score (nSPS) is 14.5. The third-order valence-corrected chi connectivity index (χ3v) is 5.62. The van der Waals surface area contributed by atoms with E-state index in [2.05, 4.69) is 0 Å². The number of alkyl halides is 3. The number of primary amides is 2. The van der Waals surface area contributed by atoms with Crippen LogP contribution < -0.4 is 16.2 Å². The zero-order chi connectivity index (χ0) is 22.5. The zero-order valence-electron chi connectivity index (χ0n) is 16.0. The Kier molecular flexibility index (Phi) is 5.09. The van der Waals surface area contributed by atoms with Crippen LogP contribution in [0, 0.1) is 0 Å². The Balaban J connectivity index is 1.95. The van der Waals surface area contributed by atoms with Crippen LogP contribution in [-0.2, 0) is 6.18 Å². The van der Waals surface area contributed by atoms with E-state index >= 15 is 0 Å². The third kappa shape index (κ3) is 3.81. The Bertz CT molecular complexity index is 1220. The lowest BCUT2D eigenvalue weighted by Gasteiger charge is -2.26. The number of hydrogen-bond donors (Lipinski definition) is 2. The SMILES string of the molecule is NC(=O)c1cc(Cl)c(-c2cn(C(N)=O)c3cc(OC4CCC4)ccc23)c(C(F)(F)F)c1. The zero-order valence-corrected chi connectivity index (χ0v) is 16.8. The van der Waals surface area contributed by atoms with Crippen LogP contribution in [0.2, 0.25) is 5.02 Å². The number of hydrogen-bond acceptors (Lipinski definition) is 3. The average Bonchev–Trinajstić information content (AvgIpc) is 3.02. The first-order chi connectivity index (χ1) is 14.6. The maximum atomic E-state index is 13.8. The van der Waals surface area contributed by atoms with Crippen molar-refractivity contribution in [3.63, 3.8) is 0 Å². The fourth-order valence-electron chi connectivity index (χ4n) is 3.59. The molecule has 1 aliphatic rings. The highest BCUT2D eigenvalue weighted by Gasteiger charge is 2.36. The van der Waals surface area contributed by atoms with Gasteiger partial charge < -0.3 is 16.2 Å². The van der Waals surface area contributed by atoms with E-state index in [1.807, 2.05) is 0 Å². The van der Waals surface area contributed by atoms with Crippen LogP contribution in [0.4, 0.5) is 18.0 Å². The Hall–Kier alpha value is -3.20. The number of benzene rings is 2. The number of nitrogens with zero attached hydrogens (tertiary/aromatic N) is 1. The van der Waals surface area contributed by atoms with Gasteiger partial charge in [0.25, 0.3) is 0 Å². The van der Waals surface area contributed by atoms with Crippen molar-refractivity contribution < 1.29 is 27.5 Å². The number of nitrogens with two attached hydrogens (primary N) is 2. The lowest BCUT2D eigenvalue weighted by atomic mass is 9.95. The van der Waals surface area contributed by atoms with Gasteiger partial charge in [-0.2, -0.15) is 13.2 Å². The summed E-state index contributed by atoms with van der Waals surface area (Å²) in [5.41, 5.74) is 9.02. The number of ether oxygens (including phenoxy) is 1. The van der Waals surface area contributed by atoms with Crippen molar-refractivity contribution in [3.8, 4) is 16.9 Å². The molecule has 1 fully saturated rings. The molecule has 2 aromatic carbocycles. The first kappa shape index (κ1) is 21.0.